The fraction of sp³-hybridized carbons (Fsp3) is 0.250. The molecule has 1 aliphatic rings. The van der Waals surface area contributed by atoms with Gasteiger partial charge in [-0.1, -0.05) is 0 Å². The molecule has 0 aliphatic carbocycles. The van der Waals surface area contributed by atoms with Crippen molar-refractivity contribution < 1.29 is 9.18 Å². The number of rotatable bonds is 3. The third kappa shape index (κ3) is 3.73. The molecule has 2 aromatic carbocycles. The predicted molar refractivity (Wildman–Crippen MR) is 123 cm³/mol. The van der Waals surface area contributed by atoms with Crippen LogP contribution in [0, 0.1) is 5.82 Å². The lowest BCUT2D eigenvalue weighted by molar-refractivity contribution is 0.102. The number of aromatic nitrogens is 3. The molecular weight excluding hydrogens is 407 g/mol. The molecular formula is C24H23FN6O. The second kappa shape index (κ2) is 8.12. The van der Waals surface area contributed by atoms with E-state index in [0.717, 1.165) is 18.8 Å². The number of anilines is 2. The first-order chi connectivity index (χ1) is 15.5. The van der Waals surface area contributed by atoms with Gasteiger partial charge in [-0.2, -0.15) is 0 Å². The Balaban J connectivity index is 1.50. The Bertz CT molecular complexity index is 1320. The molecule has 32 heavy (non-hydrogen) atoms. The van der Waals surface area contributed by atoms with E-state index >= 15 is 0 Å². The molecule has 2 unspecified atom stereocenters. The monoisotopic (exact) mass is 430 g/mol. The smallest absolute Gasteiger partial charge is 0.257 e. The van der Waals surface area contributed by atoms with Crippen LogP contribution in [-0.4, -0.2) is 46.0 Å². The summed E-state index contributed by atoms with van der Waals surface area (Å²) < 4.78 is 14.5. The van der Waals surface area contributed by atoms with Crippen LogP contribution in [0.4, 0.5) is 15.8 Å². The standard InChI is InChI=1S/C24H23FN6O/c1-14-12-31(13-15(2)29-14)21-4-3-18(22-23(21)28-8-7-27-22)24(32)30-17-9-16-5-6-26-11-19(16)20(25)10-17/h3-11,14-15,29H,12-13H2,1-2H3,(H,30,32). The van der Waals surface area contributed by atoms with E-state index in [-0.39, 0.29) is 5.91 Å². The van der Waals surface area contributed by atoms with Gasteiger partial charge < -0.3 is 15.5 Å². The normalized spacial score (nSPS) is 18.8. The van der Waals surface area contributed by atoms with Gasteiger partial charge in [0.25, 0.3) is 5.91 Å². The average molecular weight is 430 g/mol. The Labute approximate surface area is 184 Å². The number of carbonyl (C=O) groups excluding carboxylic acids is 1. The molecule has 4 aromatic rings. The van der Waals surface area contributed by atoms with Crippen molar-refractivity contribution in [3.8, 4) is 0 Å². The molecule has 8 heteroatoms. The number of fused-ring (bicyclic) bond motifs is 2. The number of pyridine rings is 1. The van der Waals surface area contributed by atoms with Gasteiger partial charge in [-0.3, -0.25) is 19.7 Å². The Morgan fingerprint density at radius 2 is 1.81 bits per heavy atom. The topological polar surface area (TPSA) is 83.0 Å². The molecule has 1 aliphatic heterocycles. The Morgan fingerprint density at radius 3 is 2.59 bits per heavy atom. The first-order valence-corrected chi connectivity index (χ1v) is 10.6. The number of nitrogens with zero attached hydrogens (tertiary/aromatic N) is 4. The van der Waals surface area contributed by atoms with E-state index in [1.54, 1.807) is 36.8 Å². The van der Waals surface area contributed by atoms with Crippen molar-refractivity contribution in [3.05, 3.63) is 66.5 Å². The molecule has 1 amide bonds. The lowest BCUT2D eigenvalue weighted by Gasteiger charge is -2.38. The van der Waals surface area contributed by atoms with E-state index in [4.69, 9.17) is 0 Å². The molecule has 2 atom stereocenters. The van der Waals surface area contributed by atoms with Crippen LogP contribution in [0.1, 0.15) is 24.2 Å². The summed E-state index contributed by atoms with van der Waals surface area (Å²) >= 11 is 0. The van der Waals surface area contributed by atoms with E-state index in [1.165, 1.54) is 12.3 Å². The molecule has 2 N–H and O–H groups in total. The zero-order valence-electron chi connectivity index (χ0n) is 17.8. The van der Waals surface area contributed by atoms with Crippen LogP contribution >= 0.6 is 0 Å². The fourth-order valence-electron chi connectivity index (χ4n) is 4.43. The zero-order chi connectivity index (χ0) is 22.2. The van der Waals surface area contributed by atoms with Crippen LogP contribution in [0.15, 0.2) is 55.1 Å². The van der Waals surface area contributed by atoms with Crippen LogP contribution in [0.5, 0.6) is 0 Å². The maximum absolute atomic E-state index is 14.5. The van der Waals surface area contributed by atoms with Crippen molar-refractivity contribution in [3.63, 3.8) is 0 Å². The highest BCUT2D eigenvalue weighted by atomic mass is 19.1. The predicted octanol–water partition coefficient (Wildman–Crippen LogP) is 3.76. The molecule has 0 radical (unpaired) electrons. The van der Waals surface area contributed by atoms with Gasteiger partial charge in [0, 0.05) is 61.0 Å². The van der Waals surface area contributed by atoms with Crippen LogP contribution in [-0.2, 0) is 0 Å². The van der Waals surface area contributed by atoms with Gasteiger partial charge in [-0.05, 0) is 49.6 Å². The maximum Gasteiger partial charge on any atom is 0.257 e. The van der Waals surface area contributed by atoms with E-state index in [9.17, 15) is 9.18 Å². The largest absolute Gasteiger partial charge is 0.367 e. The zero-order valence-corrected chi connectivity index (χ0v) is 17.8. The molecule has 1 saturated heterocycles. The minimum absolute atomic E-state index is 0.339. The summed E-state index contributed by atoms with van der Waals surface area (Å²) in [7, 11) is 0. The Hall–Kier alpha value is -3.65. The SMILES string of the molecule is CC1CN(c2ccc(C(=O)Nc3cc(F)c4cnccc4c3)c3nccnc23)CC(C)N1. The van der Waals surface area contributed by atoms with Gasteiger partial charge in [0.15, 0.2) is 0 Å². The minimum Gasteiger partial charge on any atom is -0.367 e. The number of hydrogen-bond donors (Lipinski definition) is 2. The molecule has 2 aromatic heterocycles. The van der Waals surface area contributed by atoms with Gasteiger partial charge in [0.2, 0.25) is 0 Å². The van der Waals surface area contributed by atoms with E-state index in [2.05, 4.69) is 44.3 Å². The quantitative estimate of drug-likeness (QED) is 0.515. The van der Waals surface area contributed by atoms with Crippen molar-refractivity contribution in [2.45, 2.75) is 25.9 Å². The second-order valence-electron chi connectivity index (χ2n) is 8.27. The molecule has 3 heterocycles. The van der Waals surface area contributed by atoms with Crippen molar-refractivity contribution >= 4 is 39.1 Å². The van der Waals surface area contributed by atoms with Gasteiger partial charge in [0.05, 0.1) is 11.3 Å². The molecule has 0 spiro atoms. The average Bonchev–Trinajstić information content (AvgIpc) is 2.77. The Kier molecular flexibility index (Phi) is 5.14. The summed E-state index contributed by atoms with van der Waals surface area (Å²) in [5.41, 5.74) is 2.92. The number of amides is 1. The lowest BCUT2D eigenvalue weighted by Crippen LogP contribution is -2.54. The number of carbonyl (C=O) groups is 1. The number of piperazine rings is 1. The first kappa shape index (κ1) is 20.3. The summed E-state index contributed by atoms with van der Waals surface area (Å²) in [6, 6.07) is 9.10. The number of benzene rings is 2. The van der Waals surface area contributed by atoms with Crippen LogP contribution in [0.3, 0.4) is 0 Å². The van der Waals surface area contributed by atoms with Crippen molar-refractivity contribution in [2.75, 3.05) is 23.3 Å². The van der Waals surface area contributed by atoms with E-state index < -0.39 is 5.82 Å². The fourth-order valence-corrected chi connectivity index (χ4v) is 4.43. The van der Waals surface area contributed by atoms with Crippen LogP contribution in [0.2, 0.25) is 0 Å². The van der Waals surface area contributed by atoms with Crippen LogP contribution < -0.4 is 15.5 Å². The summed E-state index contributed by atoms with van der Waals surface area (Å²) in [5, 5.41) is 7.40. The molecule has 7 nitrogen and oxygen atoms in total. The van der Waals surface area contributed by atoms with Crippen LogP contribution in [0.25, 0.3) is 21.8 Å². The number of nitrogens with one attached hydrogen (secondary N) is 2. The van der Waals surface area contributed by atoms with E-state index in [1.807, 2.05) is 6.07 Å². The number of hydrogen-bond acceptors (Lipinski definition) is 6. The highest BCUT2D eigenvalue weighted by molar-refractivity contribution is 6.13. The maximum atomic E-state index is 14.5. The second-order valence-corrected chi connectivity index (χ2v) is 8.27. The Morgan fingerprint density at radius 1 is 1.06 bits per heavy atom. The molecule has 162 valence electrons. The lowest BCUT2D eigenvalue weighted by atomic mass is 10.1. The molecule has 5 rings (SSSR count). The first-order valence-electron chi connectivity index (χ1n) is 10.6. The molecule has 0 saturated carbocycles. The third-order valence-electron chi connectivity index (χ3n) is 5.71. The summed E-state index contributed by atoms with van der Waals surface area (Å²) in [4.78, 5) is 28.4. The summed E-state index contributed by atoms with van der Waals surface area (Å²) in [5.74, 6) is -0.801. The van der Waals surface area contributed by atoms with Gasteiger partial charge >= 0.3 is 0 Å². The van der Waals surface area contributed by atoms with Gasteiger partial charge in [-0.15, -0.1) is 0 Å². The molecule has 0 bridgehead atoms. The summed E-state index contributed by atoms with van der Waals surface area (Å²) in [6.07, 6.45) is 6.27. The van der Waals surface area contributed by atoms with Crippen molar-refractivity contribution in [2.24, 2.45) is 0 Å². The highest BCUT2D eigenvalue weighted by Gasteiger charge is 2.24. The van der Waals surface area contributed by atoms with Gasteiger partial charge in [0.1, 0.15) is 16.9 Å². The third-order valence-corrected chi connectivity index (χ3v) is 5.71. The number of halogens is 1. The van der Waals surface area contributed by atoms with Crippen molar-refractivity contribution in [1.82, 2.24) is 20.3 Å². The van der Waals surface area contributed by atoms with E-state index in [0.29, 0.717) is 45.1 Å². The minimum atomic E-state index is -0.437. The van der Waals surface area contributed by atoms with Crippen molar-refractivity contribution in [1.29, 1.82) is 0 Å². The highest BCUT2D eigenvalue weighted by Crippen LogP contribution is 2.29. The summed E-state index contributed by atoms with van der Waals surface area (Å²) in [6.45, 7) is 5.98. The van der Waals surface area contributed by atoms with Gasteiger partial charge in [-0.25, -0.2) is 4.39 Å². The molecule has 1 fully saturated rings.